The number of ether oxygens (including phenoxy) is 1. The summed E-state index contributed by atoms with van der Waals surface area (Å²) in [4.78, 5) is 27.6. The highest BCUT2D eigenvalue weighted by atomic mass is 16.5. The number of rotatable bonds is 6. The molecule has 5 nitrogen and oxygen atoms in total. The number of nitrogens with one attached hydrogen (secondary N) is 1. The average Bonchev–Trinajstić information content (AvgIpc) is 2.73. The van der Waals surface area contributed by atoms with Crippen LogP contribution in [-0.4, -0.2) is 36.9 Å². The molecule has 0 unspecified atom stereocenters. The number of methoxy groups -OCH3 is 1. The number of hydrogen-bond donors (Lipinski definition) is 1. The topological polar surface area (TPSA) is 58.6 Å². The van der Waals surface area contributed by atoms with Crippen LogP contribution in [0, 0.1) is 12.3 Å². The molecular weight excluding hydrogens is 364 g/mol. The van der Waals surface area contributed by atoms with E-state index in [0.29, 0.717) is 26.1 Å². The van der Waals surface area contributed by atoms with Crippen LogP contribution in [0.5, 0.6) is 5.75 Å². The van der Waals surface area contributed by atoms with Crippen molar-refractivity contribution in [3.05, 3.63) is 65.2 Å². The van der Waals surface area contributed by atoms with Crippen LogP contribution in [0.2, 0.25) is 0 Å². The van der Waals surface area contributed by atoms with Crippen LogP contribution in [-0.2, 0) is 22.6 Å². The molecule has 1 N–H and O–H groups in total. The quantitative estimate of drug-likeness (QED) is 0.816. The van der Waals surface area contributed by atoms with E-state index in [1.807, 2.05) is 67.3 Å². The van der Waals surface area contributed by atoms with Crippen molar-refractivity contribution < 1.29 is 14.3 Å². The summed E-state index contributed by atoms with van der Waals surface area (Å²) in [7, 11) is 1.63. The summed E-state index contributed by atoms with van der Waals surface area (Å²) in [5.74, 6) is 0.849. The molecule has 0 radical (unpaired) electrons. The minimum Gasteiger partial charge on any atom is -0.497 e. The third kappa shape index (κ3) is 5.37. The molecule has 1 atom stereocenters. The van der Waals surface area contributed by atoms with Gasteiger partial charge in [-0.2, -0.15) is 0 Å². The molecule has 2 aromatic rings. The van der Waals surface area contributed by atoms with Gasteiger partial charge in [0.1, 0.15) is 5.75 Å². The van der Waals surface area contributed by atoms with Gasteiger partial charge in [-0.15, -0.1) is 0 Å². The normalized spacial score (nSPS) is 18.9. The molecule has 1 saturated heterocycles. The van der Waals surface area contributed by atoms with E-state index in [0.717, 1.165) is 29.7 Å². The third-order valence-electron chi connectivity index (χ3n) is 5.66. The van der Waals surface area contributed by atoms with Crippen molar-refractivity contribution in [1.29, 1.82) is 0 Å². The van der Waals surface area contributed by atoms with Crippen molar-refractivity contribution >= 4 is 11.8 Å². The molecule has 0 aromatic heterocycles. The maximum atomic E-state index is 12.9. The van der Waals surface area contributed by atoms with Crippen molar-refractivity contribution in [2.24, 2.45) is 5.41 Å². The lowest BCUT2D eigenvalue weighted by atomic mass is 9.80. The second kappa shape index (κ2) is 9.12. The first kappa shape index (κ1) is 20.9. The minimum atomic E-state index is -0.569. The van der Waals surface area contributed by atoms with Gasteiger partial charge in [0.15, 0.2) is 0 Å². The molecule has 0 bridgehead atoms. The standard InChI is InChI=1S/C24H30N2O3/c1-18-8-10-19(11-9-18)15-22(27)26-13-5-12-24(2,17-26)23(28)25-16-20-6-4-7-21(14-20)29-3/h4,6-11,14H,5,12-13,15-17H2,1-3H3,(H,25,28)/t24-/m1/s1. The summed E-state index contributed by atoms with van der Waals surface area (Å²) in [5, 5.41) is 3.04. The Bertz CT molecular complexity index is 863. The summed E-state index contributed by atoms with van der Waals surface area (Å²) in [5.41, 5.74) is 2.61. The number of carbonyl (C=O) groups is 2. The number of aryl methyl sites for hydroxylation is 1. The lowest BCUT2D eigenvalue weighted by Crippen LogP contribution is -2.52. The number of likely N-dealkylation sites (tertiary alicyclic amines) is 1. The number of piperidine rings is 1. The fourth-order valence-corrected chi connectivity index (χ4v) is 3.81. The molecule has 1 aliphatic heterocycles. The Morgan fingerprint density at radius 1 is 1.14 bits per heavy atom. The molecule has 1 fully saturated rings. The summed E-state index contributed by atoms with van der Waals surface area (Å²) in [6, 6.07) is 15.7. The van der Waals surface area contributed by atoms with Crippen molar-refractivity contribution in [3.63, 3.8) is 0 Å². The lowest BCUT2D eigenvalue weighted by Gasteiger charge is -2.39. The van der Waals surface area contributed by atoms with E-state index in [4.69, 9.17) is 4.74 Å². The first-order chi connectivity index (χ1) is 13.9. The molecule has 1 heterocycles. The molecule has 0 aliphatic carbocycles. The summed E-state index contributed by atoms with van der Waals surface area (Å²) in [6.07, 6.45) is 2.00. The van der Waals surface area contributed by atoms with Crippen molar-refractivity contribution in [1.82, 2.24) is 10.2 Å². The lowest BCUT2D eigenvalue weighted by molar-refractivity contribution is -0.140. The first-order valence-corrected chi connectivity index (χ1v) is 10.1. The molecule has 29 heavy (non-hydrogen) atoms. The molecule has 3 rings (SSSR count). The summed E-state index contributed by atoms with van der Waals surface area (Å²) >= 11 is 0. The Morgan fingerprint density at radius 2 is 1.90 bits per heavy atom. The number of nitrogens with zero attached hydrogens (tertiary/aromatic N) is 1. The van der Waals surface area contributed by atoms with Crippen LogP contribution in [0.25, 0.3) is 0 Å². The highest BCUT2D eigenvalue weighted by molar-refractivity contribution is 5.84. The SMILES string of the molecule is COc1cccc(CNC(=O)[C@]2(C)CCCN(C(=O)Cc3ccc(C)cc3)C2)c1. The maximum Gasteiger partial charge on any atom is 0.227 e. The second-order valence-corrected chi connectivity index (χ2v) is 8.18. The smallest absolute Gasteiger partial charge is 0.227 e. The predicted molar refractivity (Wildman–Crippen MR) is 114 cm³/mol. The largest absolute Gasteiger partial charge is 0.497 e. The van der Waals surface area contributed by atoms with Gasteiger partial charge in [-0.05, 0) is 49.9 Å². The van der Waals surface area contributed by atoms with Gasteiger partial charge < -0.3 is 15.0 Å². The van der Waals surface area contributed by atoms with Gasteiger partial charge in [0.05, 0.1) is 18.9 Å². The molecule has 0 saturated carbocycles. The highest BCUT2D eigenvalue weighted by Crippen LogP contribution is 2.30. The number of benzene rings is 2. The van der Waals surface area contributed by atoms with Crippen LogP contribution >= 0.6 is 0 Å². The van der Waals surface area contributed by atoms with Crippen LogP contribution in [0.4, 0.5) is 0 Å². The van der Waals surface area contributed by atoms with Crippen molar-refractivity contribution in [2.75, 3.05) is 20.2 Å². The molecule has 1 aliphatic rings. The zero-order valence-electron chi connectivity index (χ0n) is 17.5. The van der Waals surface area contributed by atoms with Gasteiger partial charge in [-0.1, -0.05) is 42.0 Å². The van der Waals surface area contributed by atoms with E-state index >= 15 is 0 Å². The molecule has 5 heteroatoms. The first-order valence-electron chi connectivity index (χ1n) is 10.1. The molecule has 0 spiro atoms. The van der Waals surface area contributed by atoms with E-state index in [1.165, 1.54) is 5.56 Å². The highest BCUT2D eigenvalue weighted by Gasteiger charge is 2.39. The molecule has 2 amide bonds. The van der Waals surface area contributed by atoms with Gasteiger partial charge in [-0.3, -0.25) is 9.59 Å². The fourth-order valence-electron chi connectivity index (χ4n) is 3.81. The van der Waals surface area contributed by atoms with Crippen molar-refractivity contribution in [3.8, 4) is 5.75 Å². The average molecular weight is 395 g/mol. The van der Waals surface area contributed by atoms with Crippen LogP contribution < -0.4 is 10.1 Å². The van der Waals surface area contributed by atoms with Crippen LogP contribution in [0.15, 0.2) is 48.5 Å². The fraction of sp³-hybridized carbons (Fsp3) is 0.417. The summed E-state index contributed by atoms with van der Waals surface area (Å²) in [6.45, 7) is 5.61. The molecule has 154 valence electrons. The van der Waals surface area contributed by atoms with Gasteiger partial charge >= 0.3 is 0 Å². The third-order valence-corrected chi connectivity index (χ3v) is 5.66. The van der Waals surface area contributed by atoms with E-state index in [1.54, 1.807) is 7.11 Å². The van der Waals surface area contributed by atoms with Gasteiger partial charge in [0.2, 0.25) is 11.8 Å². The maximum absolute atomic E-state index is 12.9. The van der Waals surface area contributed by atoms with Gasteiger partial charge in [0, 0.05) is 19.6 Å². The van der Waals surface area contributed by atoms with Gasteiger partial charge in [0.25, 0.3) is 0 Å². The van der Waals surface area contributed by atoms with Crippen LogP contribution in [0.1, 0.15) is 36.5 Å². The van der Waals surface area contributed by atoms with E-state index < -0.39 is 5.41 Å². The number of amides is 2. The van der Waals surface area contributed by atoms with Crippen LogP contribution in [0.3, 0.4) is 0 Å². The molecule has 2 aromatic carbocycles. The zero-order chi connectivity index (χ0) is 20.9. The Hall–Kier alpha value is -2.82. The second-order valence-electron chi connectivity index (χ2n) is 8.18. The van der Waals surface area contributed by atoms with Gasteiger partial charge in [-0.25, -0.2) is 0 Å². The Morgan fingerprint density at radius 3 is 2.62 bits per heavy atom. The monoisotopic (exact) mass is 394 g/mol. The minimum absolute atomic E-state index is 0.00634. The van der Waals surface area contributed by atoms with E-state index in [-0.39, 0.29) is 11.8 Å². The Labute approximate surface area is 173 Å². The number of hydrogen-bond acceptors (Lipinski definition) is 3. The van der Waals surface area contributed by atoms with Crippen molar-refractivity contribution in [2.45, 2.75) is 39.7 Å². The summed E-state index contributed by atoms with van der Waals surface area (Å²) < 4.78 is 5.24. The zero-order valence-corrected chi connectivity index (χ0v) is 17.5. The van der Waals surface area contributed by atoms with E-state index in [2.05, 4.69) is 5.32 Å². The number of carbonyl (C=O) groups excluding carboxylic acids is 2. The molecular formula is C24H30N2O3. The predicted octanol–water partition coefficient (Wildman–Crippen LogP) is 3.49. The van der Waals surface area contributed by atoms with E-state index in [9.17, 15) is 9.59 Å². The Balaban J connectivity index is 1.59. The Kier molecular flexibility index (Phi) is 6.57.